The van der Waals surface area contributed by atoms with E-state index in [0.29, 0.717) is 0 Å². The van der Waals surface area contributed by atoms with Crippen LogP contribution in [-0.2, 0) is 78.5 Å². The second-order valence-corrected chi connectivity index (χ2v) is 16.7. The molecule has 0 saturated carbocycles. The molecule has 12 heteroatoms. The molecule has 332 valence electrons. The summed E-state index contributed by atoms with van der Waals surface area (Å²) in [6, 6.07) is 28.2. The monoisotopic (exact) mass is 833 g/mol. The van der Waals surface area contributed by atoms with Gasteiger partial charge in [0, 0.05) is 144 Å². The van der Waals surface area contributed by atoms with Gasteiger partial charge >= 0.3 is 0 Å². The summed E-state index contributed by atoms with van der Waals surface area (Å²) < 4.78 is 0. The normalized spacial score (nSPS) is 18.0. The molecular formula is C49H76N12. The summed E-state index contributed by atoms with van der Waals surface area (Å²) in [6.45, 7) is 22.4. The van der Waals surface area contributed by atoms with Crippen molar-refractivity contribution in [1.82, 2.24) is 63.8 Å². The van der Waals surface area contributed by atoms with Crippen molar-refractivity contribution in [2.75, 3.05) is 79.0 Å². The van der Waals surface area contributed by atoms with E-state index < -0.39 is 0 Å². The van der Waals surface area contributed by atoms with Crippen molar-refractivity contribution in [1.29, 1.82) is 0 Å². The number of hydrogen-bond acceptors (Lipinski definition) is 12. The van der Waals surface area contributed by atoms with Crippen LogP contribution in [0.1, 0.15) is 73.7 Å². The molecule has 0 spiro atoms. The Bertz CT molecular complexity index is 1750. The molecule has 0 unspecified atom stereocenters. The van der Waals surface area contributed by atoms with E-state index in [1.807, 2.05) is 7.05 Å². The SMILES string of the molecule is CCNCc1cc2cc(c1)CNCCNCc1cc3cc(c1)CNCCNCc1cc(cc(c1)CNCCNC2)CNCCNCc1cc(CNC)cc(c1)CNCCNC3. The standard InChI is InChI=1S/C49H76N12/c1-3-51-27-39-16-42-19-43(17-39)31-55-9-11-59-35-47-21-45-23-49(25-47)37-61-13-12-60-36-48-22-44(20-46(24-48)34-58-10-8-54-30-42)32-56-6-4-52-28-40-14-38(26-50-2)15-41(18-40)29-53-5-7-57-33-45/h14-25,50-61H,3-13,26-37H2,1-2H3. The maximum absolute atomic E-state index is 3.72. The second kappa shape index (κ2) is 27.5. The van der Waals surface area contributed by atoms with Gasteiger partial charge in [-0.25, -0.2) is 0 Å². The molecule has 0 fully saturated rings. The number of benzene rings is 4. The molecule has 2 aliphatic heterocycles. The summed E-state index contributed by atoms with van der Waals surface area (Å²) in [6.07, 6.45) is 0. The first-order valence-electron chi connectivity index (χ1n) is 23.0. The summed E-state index contributed by atoms with van der Waals surface area (Å²) >= 11 is 0. The molecular weight excluding hydrogens is 757 g/mol. The van der Waals surface area contributed by atoms with Crippen LogP contribution in [0.4, 0.5) is 0 Å². The smallest absolute Gasteiger partial charge is 0.0206 e. The Labute approximate surface area is 366 Å². The average Bonchev–Trinajstić information content (AvgIpc) is 3.25. The highest BCUT2D eigenvalue weighted by Gasteiger charge is 2.08. The van der Waals surface area contributed by atoms with Gasteiger partial charge in [0.15, 0.2) is 0 Å². The molecule has 4 aromatic carbocycles. The highest BCUT2D eigenvalue weighted by Crippen LogP contribution is 2.15. The molecule has 12 N–H and O–H groups in total. The Morgan fingerprint density at radius 1 is 0.311 bits per heavy atom. The topological polar surface area (TPSA) is 144 Å². The fraction of sp³-hybridized carbons (Fsp3) is 0.510. The number of rotatable bonds is 5. The summed E-state index contributed by atoms with van der Waals surface area (Å²) in [5, 5.41) is 43.9. The van der Waals surface area contributed by atoms with E-state index in [-0.39, 0.29) is 0 Å². The molecule has 12 nitrogen and oxygen atoms in total. The summed E-state index contributed by atoms with van der Waals surface area (Å²) in [4.78, 5) is 0. The minimum absolute atomic E-state index is 0.842. The number of hydrogen-bond donors (Lipinski definition) is 12. The van der Waals surface area contributed by atoms with Crippen LogP contribution in [-0.4, -0.2) is 79.0 Å². The lowest BCUT2D eigenvalue weighted by molar-refractivity contribution is 0.600. The third-order valence-corrected chi connectivity index (χ3v) is 11.1. The van der Waals surface area contributed by atoms with Gasteiger partial charge in [-0.1, -0.05) is 79.7 Å². The summed E-state index contributed by atoms with van der Waals surface area (Å²) in [5.74, 6) is 0. The first-order valence-corrected chi connectivity index (χ1v) is 23.0. The van der Waals surface area contributed by atoms with Crippen molar-refractivity contribution < 1.29 is 0 Å². The predicted molar refractivity (Wildman–Crippen MR) is 253 cm³/mol. The molecule has 0 radical (unpaired) electrons. The highest BCUT2D eigenvalue weighted by atomic mass is 15.0. The van der Waals surface area contributed by atoms with Crippen molar-refractivity contribution in [3.8, 4) is 0 Å². The van der Waals surface area contributed by atoms with E-state index in [9.17, 15) is 0 Å². The van der Waals surface area contributed by atoms with Gasteiger partial charge in [0.2, 0.25) is 0 Å². The third-order valence-electron chi connectivity index (χ3n) is 11.1. The zero-order valence-electron chi connectivity index (χ0n) is 37.2. The zero-order valence-corrected chi connectivity index (χ0v) is 37.2. The third kappa shape index (κ3) is 18.0. The van der Waals surface area contributed by atoms with Gasteiger partial charge in [-0.2, -0.15) is 0 Å². The van der Waals surface area contributed by atoms with Gasteiger partial charge in [0.1, 0.15) is 0 Å². The minimum Gasteiger partial charge on any atom is -0.316 e. The molecule has 2 aliphatic rings. The maximum Gasteiger partial charge on any atom is 0.0206 e. The quantitative estimate of drug-likeness (QED) is 0.144. The molecule has 0 aromatic heterocycles. The van der Waals surface area contributed by atoms with Gasteiger partial charge in [-0.3, -0.25) is 0 Å². The number of fused-ring (bicyclic) bond motifs is 13. The van der Waals surface area contributed by atoms with Crippen LogP contribution < -0.4 is 63.8 Å². The fourth-order valence-electron chi connectivity index (χ4n) is 8.27. The fourth-order valence-corrected chi connectivity index (χ4v) is 8.27. The van der Waals surface area contributed by atoms with Crippen LogP contribution in [0.2, 0.25) is 0 Å². The first-order chi connectivity index (χ1) is 30.1. The van der Waals surface area contributed by atoms with Crippen molar-refractivity contribution in [2.24, 2.45) is 0 Å². The van der Waals surface area contributed by atoms with Gasteiger partial charge in [0.05, 0.1) is 0 Å². The lowest BCUT2D eigenvalue weighted by Crippen LogP contribution is -2.28. The van der Waals surface area contributed by atoms with E-state index in [1.165, 1.54) is 66.8 Å². The van der Waals surface area contributed by atoms with Gasteiger partial charge in [-0.15, -0.1) is 0 Å². The number of nitrogens with one attached hydrogen (secondary N) is 12. The Kier molecular flexibility index (Phi) is 21.1. The van der Waals surface area contributed by atoms with E-state index in [1.54, 1.807) is 0 Å². The average molecular weight is 833 g/mol. The Morgan fingerprint density at radius 3 is 0.705 bits per heavy atom. The molecule has 0 atom stereocenters. The summed E-state index contributed by atoms with van der Waals surface area (Å²) in [7, 11) is 2.02. The first kappa shape index (κ1) is 46.9. The zero-order chi connectivity index (χ0) is 42.2. The van der Waals surface area contributed by atoms with Crippen molar-refractivity contribution in [2.45, 2.75) is 85.5 Å². The molecule has 6 rings (SSSR count). The molecule has 61 heavy (non-hydrogen) atoms. The van der Waals surface area contributed by atoms with Crippen LogP contribution in [0.3, 0.4) is 0 Å². The van der Waals surface area contributed by atoms with Crippen LogP contribution in [0.5, 0.6) is 0 Å². The van der Waals surface area contributed by atoms with Crippen LogP contribution in [0.25, 0.3) is 0 Å². The molecule has 10 bridgehead atoms. The Hall–Kier alpha value is -3.60. The largest absolute Gasteiger partial charge is 0.316 e. The summed E-state index contributed by atoms with van der Waals surface area (Å²) in [5.41, 5.74) is 16.0. The molecule has 0 aliphatic carbocycles. The second-order valence-electron chi connectivity index (χ2n) is 16.7. The maximum atomic E-state index is 3.72. The molecule has 0 amide bonds. The van der Waals surface area contributed by atoms with Gasteiger partial charge in [-0.05, 0) is 80.4 Å². The highest BCUT2D eigenvalue weighted by molar-refractivity contribution is 5.33. The minimum atomic E-state index is 0.842. The van der Waals surface area contributed by atoms with E-state index in [0.717, 1.165) is 151 Å². The Morgan fingerprint density at radius 2 is 0.508 bits per heavy atom. The van der Waals surface area contributed by atoms with Crippen LogP contribution >= 0.6 is 0 Å². The van der Waals surface area contributed by atoms with Gasteiger partial charge in [0.25, 0.3) is 0 Å². The van der Waals surface area contributed by atoms with E-state index in [4.69, 9.17) is 0 Å². The Balaban J connectivity index is 1.18. The predicted octanol–water partition coefficient (Wildman–Crippen LogP) is 2.54. The molecule has 2 heterocycles. The lowest BCUT2D eigenvalue weighted by atomic mass is 10.0. The van der Waals surface area contributed by atoms with Crippen molar-refractivity contribution >= 4 is 0 Å². The van der Waals surface area contributed by atoms with Gasteiger partial charge < -0.3 is 63.8 Å². The molecule has 4 aromatic rings. The molecule has 0 saturated heterocycles. The van der Waals surface area contributed by atoms with E-state index >= 15 is 0 Å². The van der Waals surface area contributed by atoms with Crippen molar-refractivity contribution in [3.05, 3.63) is 140 Å². The van der Waals surface area contributed by atoms with Crippen molar-refractivity contribution in [3.63, 3.8) is 0 Å². The van der Waals surface area contributed by atoms with Crippen LogP contribution in [0.15, 0.2) is 72.8 Å². The lowest BCUT2D eigenvalue weighted by Gasteiger charge is -2.14. The van der Waals surface area contributed by atoms with Crippen LogP contribution in [0, 0.1) is 0 Å². The van der Waals surface area contributed by atoms with E-state index in [2.05, 4.69) is 144 Å².